The Kier molecular flexibility index (Phi) is 5.65. The predicted molar refractivity (Wildman–Crippen MR) is 74.0 cm³/mol. The summed E-state index contributed by atoms with van der Waals surface area (Å²) in [6.45, 7) is 3.48. The van der Waals surface area contributed by atoms with Gasteiger partial charge in [-0.1, -0.05) is 6.92 Å². The number of hydrogen-bond acceptors (Lipinski definition) is 3. The molecule has 1 aromatic carbocycles. The fourth-order valence-corrected chi connectivity index (χ4v) is 1.79. The SMILES string of the molecule is CCCN(C)c1ccc(C(=O)N(C)CCO)cc1. The minimum Gasteiger partial charge on any atom is -0.395 e. The van der Waals surface area contributed by atoms with Crippen molar-refractivity contribution in [3.8, 4) is 0 Å². The molecule has 0 saturated heterocycles. The highest BCUT2D eigenvalue weighted by Gasteiger charge is 2.11. The highest BCUT2D eigenvalue weighted by Crippen LogP contribution is 2.15. The largest absolute Gasteiger partial charge is 0.395 e. The number of benzene rings is 1. The summed E-state index contributed by atoms with van der Waals surface area (Å²) in [4.78, 5) is 15.6. The van der Waals surface area contributed by atoms with Crippen molar-refractivity contribution in [2.24, 2.45) is 0 Å². The third kappa shape index (κ3) is 3.74. The van der Waals surface area contributed by atoms with E-state index in [9.17, 15) is 4.79 Å². The second-order valence-corrected chi connectivity index (χ2v) is 4.42. The zero-order chi connectivity index (χ0) is 13.5. The number of carbonyl (C=O) groups is 1. The van der Waals surface area contributed by atoms with Crippen molar-refractivity contribution in [2.45, 2.75) is 13.3 Å². The van der Waals surface area contributed by atoms with Gasteiger partial charge in [0.05, 0.1) is 6.61 Å². The van der Waals surface area contributed by atoms with E-state index in [1.807, 2.05) is 31.3 Å². The molecular formula is C14H22N2O2. The number of anilines is 1. The molecule has 1 aromatic rings. The van der Waals surface area contributed by atoms with E-state index >= 15 is 0 Å². The molecule has 0 aromatic heterocycles. The Hall–Kier alpha value is -1.55. The zero-order valence-corrected chi connectivity index (χ0v) is 11.4. The summed E-state index contributed by atoms with van der Waals surface area (Å²) in [6.07, 6.45) is 1.09. The molecule has 0 heterocycles. The van der Waals surface area contributed by atoms with Crippen LogP contribution < -0.4 is 4.90 Å². The van der Waals surface area contributed by atoms with E-state index in [-0.39, 0.29) is 12.5 Å². The van der Waals surface area contributed by atoms with E-state index in [2.05, 4.69) is 11.8 Å². The summed E-state index contributed by atoms with van der Waals surface area (Å²) in [5.74, 6) is -0.0613. The van der Waals surface area contributed by atoms with Gasteiger partial charge >= 0.3 is 0 Å². The normalized spacial score (nSPS) is 10.2. The van der Waals surface area contributed by atoms with Crippen LogP contribution in [0.1, 0.15) is 23.7 Å². The first kappa shape index (κ1) is 14.5. The van der Waals surface area contributed by atoms with Gasteiger partial charge in [0, 0.05) is 38.4 Å². The molecule has 4 heteroatoms. The maximum atomic E-state index is 11.9. The minimum absolute atomic E-state index is 0.0143. The number of likely N-dealkylation sites (N-methyl/N-ethyl adjacent to an activating group) is 1. The molecule has 0 spiro atoms. The first-order valence-electron chi connectivity index (χ1n) is 6.27. The predicted octanol–water partition coefficient (Wildman–Crippen LogP) is 1.60. The van der Waals surface area contributed by atoms with Gasteiger partial charge in [0.2, 0.25) is 0 Å². The lowest BCUT2D eigenvalue weighted by Crippen LogP contribution is -2.29. The molecule has 0 aliphatic rings. The fourth-order valence-electron chi connectivity index (χ4n) is 1.79. The van der Waals surface area contributed by atoms with E-state index in [0.29, 0.717) is 12.1 Å². The molecule has 1 N–H and O–H groups in total. The molecule has 0 saturated carbocycles. The Balaban J connectivity index is 2.73. The van der Waals surface area contributed by atoms with Gasteiger partial charge in [-0.05, 0) is 30.7 Å². The van der Waals surface area contributed by atoms with Gasteiger partial charge in [0.25, 0.3) is 5.91 Å². The van der Waals surface area contributed by atoms with Crippen LogP contribution in [0.25, 0.3) is 0 Å². The number of carbonyl (C=O) groups excluding carboxylic acids is 1. The summed E-state index contributed by atoms with van der Waals surface area (Å²) in [5.41, 5.74) is 1.76. The van der Waals surface area contributed by atoms with Crippen LogP contribution in [0.4, 0.5) is 5.69 Å². The maximum absolute atomic E-state index is 11.9. The third-order valence-corrected chi connectivity index (χ3v) is 2.90. The molecule has 0 aliphatic heterocycles. The van der Waals surface area contributed by atoms with Crippen LogP contribution in [0.15, 0.2) is 24.3 Å². The number of nitrogens with zero attached hydrogens (tertiary/aromatic N) is 2. The van der Waals surface area contributed by atoms with E-state index in [4.69, 9.17) is 5.11 Å². The van der Waals surface area contributed by atoms with Crippen molar-refractivity contribution in [1.82, 2.24) is 4.90 Å². The quantitative estimate of drug-likeness (QED) is 0.834. The number of rotatable bonds is 6. The fraction of sp³-hybridized carbons (Fsp3) is 0.500. The first-order chi connectivity index (χ1) is 8.60. The number of amides is 1. The molecule has 0 atom stereocenters. The second kappa shape index (κ2) is 7.01. The van der Waals surface area contributed by atoms with Crippen molar-refractivity contribution in [1.29, 1.82) is 0 Å². The highest BCUT2D eigenvalue weighted by molar-refractivity contribution is 5.94. The van der Waals surface area contributed by atoms with Gasteiger partial charge in [0.1, 0.15) is 0 Å². The minimum atomic E-state index is -0.0613. The van der Waals surface area contributed by atoms with E-state index in [0.717, 1.165) is 18.7 Å². The lowest BCUT2D eigenvalue weighted by Gasteiger charge is -2.19. The van der Waals surface area contributed by atoms with Crippen molar-refractivity contribution in [3.63, 3.8) is 0 Å². The van der Waals surface area contributed by atoms with Crippen LogP contribution in [0.3, 0.4) is 0 Å². The van der Waals surface area contributed by atoms with Gasteiger partial charge in [0.15, 0.2) is 0 Å². The lowest BCUT2D eigenvalue weighted by atomic mass is 10.1. The van der Waals surface area contributed by atoms with Gasteiger partial charge < -0.3 is 14.9 Å². The monoisotopic (exact) mass is 250 g/mol. The summed E-state index contributed by atoms with van der Waals surface area (Å²) < 4.78 is 0. The zero-order valence-electron chi connectivity index (χ0n) is 11.4. The molecule has 1 amide bonds. The van der Waals surface area contributed by atoms with Crippen molar-refractivity contribution in [2.75, 3.05) is 38.7 Å². The molecule has 18 heavy (non-hydrogen) atoms. The molecule has 0 radical (unpaired) electrons. The Labute approximate surface area is 109 Å². The maximum Gasteiger partial charge on any atom is 0.253 e. The highest BCUT2D eigenvalue weighted by atomic mass is 16.3. The Bertz CT molecular complexity index is 376. The average Bonchev–Trinajstić information content (AvgIpc) is 2.38. The first-order valence-corrected chi connectivity index (χ1v) is 6.27. The molecule has 0 fully saturated rings. The third-order valence-electron chi connectivity index (χ3n) is 2.90. The summed E-state index contributed by atoms with van der Waals surface area (Å²) in [5, 5.41) is 8.81. The van der Waals surface area contributed by atoms with Crippen LogP contribution in [-0.2, 0) is 0 Å². The average molecular weight is 250 g/mol. The summed E-state index contributed by atoms with van der Waals surface area (Å²) in [7, 11) is 3.73. The number of hydrogen-bond donors (Lipinski definition) is 1. The Morgan fingerprint density at radius 3 is 2.28 bits per heavy atom. The van der Waals surface area contributed by atoms with E-state index in [1.165, 1.54) is 4.90 Å². The number of aliphatic hydroxyl groups is 1. The molecule has 0 unspecified atom stereocenters. The summed E-state index contributed by atoms with van der Waals surface area (Å²) in [6, 6.07) is 7.57. The van der Waals surface area contributed by atoms with Crippen molar-refractivity contribution in [3.05, 3.63) is 29.8 Å². The van der Waals surface area contributed by atoms with Crippen molar-refractivity contribution < 1.29 is 9.90 Å². The molecule has 1 rings (SSSR count). The van der Waals surface area contributed by atoms with Crippen LogP contribution in [0.2, 0.25) is 0 Å². The van der Waals surface area contributed by atoms with Crippen LogP contribution in [0, 0.1) is 0 Å². The second-order valence-electron chi connectivity index (χ2n) is 4.42. The summed E-state index contributed by atoms with van der Waals surface area (Å²) >= 11 is 0. The van der Waals surface area contributed by atoms with Crippen LogP contribution >= 0.6 is 0 Å². The van der Waals surface area contributed by atoms with E-state index < -0.39 is 0 Å². The topological polar surface area (TPSA) is 43.8 Å². The lowest BCUT2D eigenvalue weighted by molar-refractivity contribution is 0.0767. The van der Waals surface area contributed by atoms with Crippen LogP contribution in [-0.4, -0.2) is 49.7 Å². The van der Waals surface area contributed by atoms with Crippen LogP contribution in [0.5, 0.6) is 0 Å². The molecular weight excluding hydrogens is 228 g/mol. The van der Waals surface area contributed by atoms with E-state index in [1.54, 1.807) is 7.05 Å². The smallest absolute Gasteiger partial charge is 0.253 e. The van der Waals surface area contributed by atoms with Gasteiger partial charge in [-0.3, -0.25) is 4.79 Å². The number of aliphatic hydroxyl groups excluding tert-OH is 1. The van der Waals surface area contributed by atoms with Gasteiger partial charge in [-0.2, -0.15) is 0 Å². The Morgan fingerprint density at radius 1 is 1.17 bits per heavy atom. The molecule has 4 nitrogen and oxygen atoms in total. The van der Waals surface area contributed by atoms with Crippen molar-refractivity contribution >= 4 is 11.6 Å². The Morgan fingerprint density at radius 2 is 1.78 bits per heavy atom. The standard InChI is InChI=1S/C14H22N2O2/c1-4-9-15(2)13-7-5-12(6-8-13)14(18)16(3)10-11-17/h5-8,17H,4,9-11H2,1-3H3. The van der Waals surface area contributed by atoms with Gasteiger partial charge in [-0.15, -0.1) is 0 Å². The molecule has 0 aliphatic carbocycles. The molecule has 100 valence electrons. The molecule has 0 bridgehead atoms. The van der Waals surface area contributed by atoms with Gasteiger partial charge in [-0.25, -0.2) is 0 Å².